The topological polar surface area (TPSA) is 55.4 Å². The molecule has 5 heteroatoms. The summed E-state index contributed by atoms with van der Waals surface area (Å²) in [5.41, 5.74) is 1.09. The zero-order chi connectivity index (χ0) is 19.2. The average Bonchev–Trinajstić information content (AvgIpc) is 2.59. The molecule has 1 N–H and O–H groups in total. The number of hydrogen-bond donors (Lipinski definition) is 1. The van der Waals surface area contributed by atoms with E-state index in [0.29, 0.717) is 19.4 Å². The second kappa shape index (κ2) is 9.28. The van der Waals surface area contributed by atoms with Gasteiger partial charge in [-0.3, -0.25) is 4.79 Å². The third-order valence-electron chi connectivity index (χ3n) is 4.16. The molecule has 0 bridgehead atoms. The van der Waals surface area contributed by atoms with Crippen molar-refractivity contribution in [1.29, 1.82) is 0 Å². The molecule has 0 amide bonds. The maximum absolute atomic E-state index is 12.6. The number of ether oxygens (including phenoxy) is 1. The Morgan fingerprint density at radius 3 is 2.50 bits per heavy atom. The van der Waals surface area contributed by atoms with Gasteiger partial charge in [0.05, 0.1) is 22.3 Å². The van der Waals surface area contributed by atoms with Crippen LogP contribution < -0.4 is 4.72 Å². The average molecular weight is 376 g/mol. The first-order valence-corrected chi connectivity index (χ1v) is 10.3. The molecule has 0 saturated heterocycles. The first-order chi connectivity index (χ1) is 12.3. The minimum absolute atomic E-state index is 0.0749. The minimum Gasteiger partial charge on any atom is -0.466 e. The first-order valence-electron chi connectivity index (χ1n) is 9.13. The van der Waals surface area contributed by atoms with E-state index < -0.39 is 11.0 Å². The summed E-state index contributed by atoms with van der Waals surface area (Å²) < 4.78 is 20.5. The Kier molecular flexibility index (Phi) is 7.35. The van der Waals surface area contributed by atoms with Crippen molar-refractivity contribution >= 4 is 27.7 Å². The van der Waals surface area contributed by atoms with Crippen molar-refractivity contribution in [2.24, 2.45) is 0 Å². The van der Waals surface area contributed by atoms with E-state index in [0.717, 1.165) is 17.4 Å². The molecule has 4 nitrogen and oxygen atoms in total. The van der Waals surface area contributed by atoms with E-state index in [9.17, 15) is 9.00 Å². The van der Waals surface area contributed by atoms with Gasteiger partial charge in [-0.1, -0.05) is 36.4 Å². The Balaban J connectivity index is 2.17. The van der Waals surface area contributed by atoms with Crippen LogP contribution >= 0.6 is 0 Å². The Hall–Kier alpha value is -1.72. The molecule has 0 fully saturated rings. The maximum atomic E-state index is 12.6. The first kappa shape index (κ1) is 20.6. The molecule has 2 aromatic rings. The summed E-state index contributed by atoms with van der Waals surface area (Å²) in [6, 6.07) is 14.4. The maximum Gasteiger partial charge on any atom is 0.305 e. The van der Waals surface area contributed by atoms with Gasteiger partial charge in [0.25, 0.3) is 0 Å². The number of nitrogens with one attached hydrogen (secondary N) is 1. The van der Waals surface area contributed by atoms with Gasteiger partial charge in [-0.25, -0.2) is 8.93 Å². The molecule has 0 aliphatic heterocycles. The van der Waals surface area contributed by atoms with Gasteiger partial charge in [0.1, 0.15) is 0 Å². The molecule has 2 aromatic carbocycles. The van der Waals surface area contributed by atoms with Crippen molar-refractivity contribution in [3.63, 3.8) is 0 Å². The zero-order valence-electron chi connectivity index (χ0n) is 16.1. The molecule has 2 atom stereocenters. The van der Waals surface area contributed by atoms with Crippen LogP contribution in [0.5, 0.6) is 0 Å². The Labute approximate surface area is 158 Å². The smallest absolute Gasteiger partial charge is 0.305 e. The van der Waals surface area contributed by atoms with Crippen molar-refractivity contribution in [2.45, 2.75) is 57.7 Å². The fourth-order valence-electron chi connectivity index (χ4n) is 2.71. The van der Waals surface area contributed by atoms with Crippen molar-refractivity contribution in [3.05, 3.63) is 48.0 Å². The second-order valence-corrected chi connectivity index (χ2v) is 9.35. The number of hydrogen-bond acceptors (Lipinski definition) is 3. The van der Waals surface area contributed by atoms with Gasteiger partial charge in [-0.05, 0) is 62.9 Å². The van der Waals surface area contributed by atoms with Gasteiger partial charge in [0.15, 0.2) is 0 Å². The molecule has 0 aromatic heterocycles. The number of benzene rings is 2. The van der Waals surface area contributed by atoms with Gasteiger partial charge < -0.3 is 4.74 Å². The summed E-state index contributed by atoms with van der Waals surface area (Å²) in [5.74, 6) is -0.179. The second-order valence-electron chi connectivity index (χ2n) is 7.36. The minimum atomic E-state index is -1.19. The highest BCUT2D eigenvalue weighted by Gasteiger charge is 2.24. The van der Waals surface area contributed by atoms with Gasteiger partial charge >= 0.3 is 5.97 Å². The number of carbonyl (C=O) groups excluding carboxylic acids is 1. The molecular weight excluding hydrogens is 346 g/mol. The van der Waals surface area contributed by atoms with Crippen molar-refractivity contribution in [3.8, 4) is 0 Å². The molecular formula is C21H29NO3S. The Morgan fingerprint density at radius 2 is 1.85 bits per heavy atom. The van der Waals surface area contributed by atoms with E-state index in [2.05, 4.69) is 35.1 Å². The zero-order valence-corrected chi connectivity index (χ0v) is 16.9. The number of rotatable bonds is 8. The van der Waals surface area contributed by atoms with Crippen molar-refractivity contribution in [1.82, 2.24) is 4.72 Å². The van der Waals surface area contributed by atoms with Crippen molar-refractivity contribution < 1.29 is 13.7 Å². The van der Waals surface area contributed by atoms with Crippen LogP contribution in [0.4, 0.5) is 0 Å². The Bertz CT molecular complexity index is 767. The predicted molar refractivity (Wildman–Crippen MR) is 108 cm³/mol. The lowest BCUT2D eigenvalue weighted by Gasteiger charge is -2.25. The highest BCUT2D eigenvalue weighted by Crippen LogP contribution is 2.26. The van der Waals surface area contributed by atoms with E-state index >= 15 is 0 Å². The van der Waals surface area contributed by atoms with Gasteiger partial charge in [-0.2, -0.15) is 0 Å². The van der Waals surface area contributed by atoms with Crippen LogP contribution in [-0.4, -0.2) is 21.5 Å². The third kappa shape index (κ3) is 5.92. The SMILES string of the molecule is CCOC(=O)CCC[C@H](N[S@@](=O)C(C)(C)C)c1ccc2ccccc2c1. The standard InChI is InChI=1S/C21H29NO3S/c1-5-25-20(23)12-8-11-19(22-26(24)21(2,3)4)18-14-13-16-9-6-7-10-17(16)15-18/h6-7,9-10,13-15,19,22H,5,8,11-12H2,1-4H3/t19-,26-/m0/s1. The summed E-state index contributed by atoms with van der Waals surface area (Å²) in [7, 11) is -1.19. The van der Waals surface area contributed by atoms with Gasteiger partial charge in [0.2, 0.25) is 0 Å². The van der Waals surface area contributed by atoms with E-state index in [1.165, 1.54) is 5.39 Å². The van der Waals surface area contributed by atoms with E-state index in [4.69, 9.17) is 4.74 Å². The summed E-state index contributed by atoms with van der Waals surface area (Å²) in [6.45, 7) is 8.06. The molecule has 0 spiro atoms. The highest BCUT2D eigenvalue weighted by atomic mass is 32.2. The predicted octanol–water partition coefficient (Wildman–Crippen LogP) is 4.67. The number of esters is 1. The summed E-state index contributed by atoms with van der Waals surface area (Å²) in [4.78, 5) is 11.6. The van der Waals surface area contributed by atoms with E-state index in [1.54, 1.807) is 0 Å². The normalized spacial score (nSPS) is 14.2. The lowest BCUT2D eigenvalue weighted by Crippen LogP contribution is -2.35. The number of fused-ring (bicyclic) bond motifs is 1. The molecule has 0 aliphatic rings. The summed E-state index contributed by atoms with van der Waals surface area (Å²) >= 11 is 0. The fraction of sp³-hybridized carbons (Fsp3) is 0.476. The molecule has 0 unspecified atom stereocenters. The van der Waals surface area contributed by atoms with Crippen LogP contribution in [0.2, 0.25) is 0 Å². The third-order valence-corrected chi connectivity index (χ3v) is 5.77. The lowest BCUT2D eigenvalue weighted by atomic mass is 9.98. The largest absolute Gasteiger partial charge is 0.466 e. The van der Waals surface area contributed by atoms with E-state index in [1.807, 2.05) is 39.8 Å². The van der Waals surface area contributed by atoms with Crippen LogP contribution in [-0.2, 0) is 20.5 Å². The summed E-state index contributed by atoms with van der Waals surface area (Å²) in [5, 5.41) is 2.34. The van der Waals surface area contributed by atoms with Gasteiger partial charge in [-0.15, -0.1) is 0 Å². The van der Waals surface area contributed by atoms with Crippen molar-refractivity contribution in [2.75, 3.05) is 6.61 Å². The molecule has 2 rings (SSSR count). The molecule has 0 saturated carbocycles. The molecule has 0 radical (unpaired) electrons. The number of carbonyl (C=O) groups is 1. The van der Waals surface area contributed by atoms with Crippen LogP contribution in [0.25, 0.3) is 10.8 Å². The lowest BCUT2D eigenvalue weighted by molar-refractivity contribution is -0.143. The van der Waals surface area contributed by atoms with Crippen LogP contribution in [0.15, 0.2) is 42.5 Å². The molecule has 0 aliphatic carbocycles. The van der Waals surface area contributed by atoms with Crippen LogP contribution in [0, 0.1) is 0 Å². The molecule has 142 valence electrons. The quantitative estimate of drug-likeness (QED) is 0.682. The van der Waals surface area contributed by atoms with Crippen LogP contribution in [0.3, 0.4) is 0 Å². The fourth-order valence-corrected chi connectivity index (χ4v) is 3.57. The van der Waals surface area contributed by atoms with Crippen LogP contribution in [0.1, 0.15) is 58.6 Å². The monoisotopic (exact) mass is 375 g/mol. The van der Waals surface area contributed by atoms with Gasteiger partial charge in [0, 0.05) is 12.5 Å². The molecule has 26 heavy (non-hydrogen) atoms. The molecule has 0 heterocycles. The highest BCUT2D eigenvalue weighted by molar-refractivity contribution is 7.84. The van der Waals surface area contributed by atoms with E-state index in [-0.39, 0.29) is 16.8 Å². The Morgan fingerprint density at radius 1 is 1.15 bits per heavy atom. The summed E-state index contributed by atoms with van der Waals surface area (Å²) in [6.07, 6.45) is 1.78.